The van der Waals surface area contributed by atoms with E-state index < -0.39 is 15.8 Å². The average molecular weight is 366 g/mol. The molecule has 0 bridgehead atoms. The van der Waals surface area contributed by atoms with Gasteiger partial charge in [0.2, 0.25) is 15.9 Å². The first-order chi connectivity index (χ1) is 11.9. The van der Waals surface area contributed by atoms with Gasteiger partial charge in [-0.25, -0.2) is 12.8 Å². The summed E-state index contributed by atoms with van der Waals surface area (Å²) >= 11 is 0. The molecule has 25 heavy (non-hydrogen) atoms. The molecule has 134 valence electrons. The molecule has 1 fully saturated rings. The number of hydrogen-bond donors (Lipinski definition) is 0. The smallest absolute Gasteiger partial charge is 0.243 e. The van der Waals surface area contributed by atoms with Gasteiger partial charge in [0, 0.05) is 26.7 Å². The predicted molar refractivity (Wildman–Crippen MR) is 90.6 cm³/mol. The van der Waals surface area contributed by atoms with Crippen molar-refractivity contribution >= 4 is 15.8 Å². The van der Waals surface area contributed by atoms with E-state index in [9.17, 15) is 12.8 Å². The van der Waals surface area contributed by atoms with Crippen molar-refractivity contribution in [2.75, 3.05) is 32.1 Å². The highest BCUT2D eigenvalue weighted by molar-refractivity contribution is 7.89. The van der Waals surface area contributed by atoms with Crippen LogP contribution in [0.25, 0.3) is 0 Å². The zero-order chi connectivity index (χ0) is 18.0. The Morgan fingerprint density at radius 1 is 1.24 bits per heavy atom. The predicted octanol–water partition coefficient (Wildman–Crippen LogP) is 1.52. The topological polar surface area (TPSA) is 75.6 Å². The Balaban J connectivity index is 1.67. The van der Waals surface area contributed by atoms with Crippen molar-refractivity contribution in [1.29, 1.82) is 0 Å². The monoisotopic (exact) mass is 366 g/mol. The number of nitrogens with zero attached hydrogens (tertiary/aromatic N) is 4. The van der Waals surface area contributed by atoms with Crippen LogP contribution in [0.5, 0.6) is 5.88 Å². The molecule has 2 heterocycles. The van der Waals surface area contributed by atoms with E-state index in [1.807, 2.05) is 19.0 Å². The third kappa shape index (κ3) is 3.88. The van der Waals surface area contributed by atoms with Crippen LogP contribution in [0, 0.1) is 5.82 Å². The van der Waals surface area contributed by atoms with Crippen molar-refractivity contribution in [3.05, 3.63) is 42.2 Å². The summed E-state index contributed by atoms with van der Waals surface area (Å²) in [4.78, 5) is 1.77. The van der Waals surface area contributed by atoms with E-state index in [1.165, 1.54) is 22.5 Å². The fourth-order valence-electron chi connectivity index (χ4n) is 2.57. The standard InChI is InChI=1S/C16H19FN4O3S/c1-20(2)15-6-7-16(19-18-15)24-13-8-9-21(11-13)25(22,23)14-5-3-4-12(17)10-14/h3-7,10,13H,8-9,11H2,1-2H3. The van der Waals surface area contributed by atoms with Gasteiger partial charge >= 0.3 is 0 Å². The minimum Gasteiger partial charge on any atom is -0.472 e. The number of anilines is 1. The number of ether oxygens (including phenoxy) is 1. The van der Waals surface area contributed by atoms with Crippen LogP contribution in [0.1, 0.15) is 6.42 Å². The van der Waals surface area contributed by atoms with Gasteiger partial charge in [0.25, 0.3) is 0 Å². The number of sulfonamides is 1. The van der Waals surface area contributed by atoms with Crippen LogP contribution >= 0.6 is 0 Å². The van der Waals surface area contributed by atoms with Crippen molar-refractivity contribution in [3.63, 3.8) is 0 Å². The highest BCUT2D eigenvalue weighted by atomic mass is 32.2. The number of aromatic nitrogens is 2. The minimum atomic E-state index is -3.73. The molecule has 1 aromatic carbocycles. The second-order valence-corrected chi connectivity index (χ2v) is 7.91. The molecule has 2 aromatic rings. The van der Waals surface area contributed by atoms with Crippen LogP contribution < -0.4 is 9.64 Å². The third-order valence-corrected chi connectivity index (χ3v) is 5.77. The summed E-state index contributed by atoms with van der Waals surface area (Å²) in [6.07, 6.45) is 0.217. The fourth-order valence-corrected chi connectivity index (χ4v) is 4.09. The average Bonchev–Trinajstić information content (AvgIpc) is 3.04. The molecule has 0 amide bonds. The Morgan fingerprint density at radius 2 is 2.04 bits per heavy atom. The van der Waals surface area contributed by atoms with Gasteiger partial charge in [-0.15, -0.1) is 10.2 Å². The summed E-state index contributed by atoms with van der Waals surface area (Å²) in [5.41, 5.74) is 0. The highest BCUT2D eigenvalue weighted by Gasteiger charge is 2.34. The molecule has 3 rings (SSSR count). The molecule has 9 heteroatoms. The Kier molecular flexibility index (Phi) is 4.87. The molecule has 0 N–H and O–H groups in total. The van der Waals surface area contributed by atoms with Gasteiger partial charge in [-0.05, 0) is 30.7 Å². The van der Waals surface area contributed by atoms with Crippen molar-refractivity contribution in [2.45, 2.75) is 17.4 Å². The summed E-state index contributed by atoms with van der Waals surface area (Å²) < 4.78 is 45.5. The lowest BCUT2D eigenvalue weighted by molar-refractivity contribution is 0.204. The van der Waals surface area contributed by atoms with E-state index in [0.717, 1.165) is 6.07 Å². The van der Waals surface area contributed by atoms with Crippen LogP contribution in [0.3, 0.4) is 0 Å². The van der Waals surface area contributed by atoms with Gasteiger partial charge < -0.3 is 9.64 Å². The SMILES string of the molecule is CN(C)c1ccc(OC2CCN(S(=O)(=O)c3cccc(F)c3)C2)nn1. The van der Waals surface area contributed by atoms with Gasteiger partial charge in [0.1, 0.15) is 11.9 Å². The molecule has 1 unspecified atom stereocenters. The fraction of sp³-hybridized carbons (Fsp3) is 0.375. The number of benzene rings is 1. The van der Waals surface area contributed by atoms with Crippen molar-refractivity contribution in [1.82, 2.24) is 14.5 Å². The Bertz CT molecular complexity index is 843. The zero-order valence-electron chi connectivity index (χ0n) is 14.0. The Hall–Kier alpha value is -2.26. The third-order valence-electron chi connectivity index (χ3n) is 3.91. The number of hydrogen-bond acceptors (Lipinski definition) is 6. The van der Waals surface area contributed by atoms with E-state index in [0.29, 0.717) is 24.7 Å². The first kappa shape index (κ1) is 17.6. The number of halogens is 1. The van der Waals surface area contributed by atoms with Crippen molar-refractivity contribution in [3.8, 4) is 5.88 Å². The van der Waals surface area contributed by atoms with Gasteiger partial charge in [-0.1, -0.05) is 6.07 Å². The first-order valence-electron chi connectivity index (χ1n) is 7.80. The normalized spacial score (nSPS) is 18.3. The quantitative estimate of drug-likeness (QED) is 0.799. The molecule has 0 spiro atoms. The maximum Gasteiger partial charge on any atom is 0.243 e. The zero-order valence-corrected chi connectivity index (χ0v) is 14.8. The summed E-state index contributed by atoms with van der Waals surface area (Å²) in [7, 11) is -0.0181. The van der Waals surface area contributed by atoms with Crippen molar-refractivity contribution < 1.29 is 17.5 Å². The van der Waals surface area contributed by atoms with E-state index in [1.54, 1.807) is 12.1 Å². The second-order valence-electron chi connectivity index (χ2n) is 5.97. The largest absolute Gasteiger partial charge is 0.472 e. The summed E-state index contributed by atoms with van der Waals surface area (Å²) in [5.74, 6) is 0.471. The van der Waals surface area contributed by atoms with Crippen LogP contribution in [-0.2, 0) is 10.0 Å². The van der Waals surface area contributed by atoms with E-state index in [-0.39, 0.29) is 17.5 Å². The lowest BCUT2D eigenvalue weighted by Crippen LogP contribution is -2.31. The molecule has 0 radical (unpaired) electrons. The molecule has 7 nitrogen and oxygen atoms in total. The maximum absolute atomic E-state index is 13.3. The van der Waals surface area contributed by atoms with Gasteiger partial charge in [-0.2, -0.15) is 4.31 Å². The molecular formula is C16H19FN4O3S. The Labute approximate surface area is 146 Å². The minimum absolute atomic E-state index is 0.0525. The van der Waals surface area contributed by atoms with Crippen molar-refractivity contribution in [2.24, 2.45) is 0 Å². The molecule has 0 aliphatic carbocycles. The summed E-state index contributed by atoms with van der Waals surface area (Å²) in [6.45, 7) is 0.503. The molecule has 1 aliphatic rings. The highest BCUT2D eigenvalue weighted by Crippen LogP contribution is 2.24. The van der Waals surface area contributed by atoms with Gasteiger partial charge in [0.05, 0.1) is 11.4 Å². The molecule has 1 aliphatic heterocycles. The summed E-state index contributed by atoms with van der Waals surface area (Å²) in [5, 5.41) is 8.01. The van der Waals surface area contributed by atoms with Crippen LogP contribution in [-0.4, -0.2) is 56.2 Å². The first-order valence-corrected chi connectivity index (χ1v) is 9.24. The Morgan fingerprint density at radius 3 is 2.68 bits per heavy atom. The number of rotatable bonds is 5. The van der Waals surface area contributed by atoms with Crippen LogP contribution in [0.2, 0.25) is 0 Å². The summed E-state index contributed by atoms with van der Waals surface area (Å²) in [6, 6.07) is 8.48. The van der Waals surface area contributed by atoms with Gasteiger partial charge in [0.15, 0.2) is 5.82 Å². The lowest BCUT2D eigenvalue weighted by atomic mass is 10.3. The van der Waals surface area contributed by atoms with E-state index in [4.69, 9.17) is 4.74 Å². The molecule has 1 aromatic heterocycles. The molecule has 0 saturated carbocycles. The molecule has 1 saturated heterocycles. The molecular weight excluding hydrogens is 347 g/mol. The lowest BCUT2D eigenvalue weighted by Gasteiger charge is -2.17. The van der Waals surface area contributed by atoms with Crippen LogP contribution in [0.4, 0.5) is 10.2 Å². The maximum atomic E-state index is 13.3. The van der Waals surface area contributed by atoms with Gasteiger partial charge in [-0.3, -0.25) is 0 Å². The molecule has 1 atom stereocenters. The van der Waals surface area contributed by atoms with E-state index >= 15 is 0 Å². The van der Waals surface area contributed by atoms with E-state index in [2.05, 4.69) is 10.2 Å². The van der Waals surface area contributed by atoms with Crippen LogP contribution in [0.15, 0.2) is 41.3 Å². The second kappa shape index (κ2) is 6.93.